The average Bonchev–Trinajstić information content (AvgIpc) is 3.58. The van der Waals surface area contributed by atoms with Gasteiger partial charge in [0, 0.05) is 30.4 Å². The van der Waals surface area contributed by atoms with E-state index in [-0.39, 0.29) is 0 Å². The van der Waals surface area contributed by atoms with E-state index in [9.17, 15) is 14.4 Å². The zero-order valence-corrected chi connectivity index (χ0v) is 19.2. The van der Waals surface area contributed by atoms with E-state index in [1.165, 1.54) is 6.20 Å². The van der Waals surface area contributed by atoms with Crippen molar-refractivity contribution in [3.05, 3.63) is 67.0 Å². The van der Waals surface area contributed by atoms with E-state index < -0.39 is 23.4 Å². The highest BCUT2D eigenvalue weighted by Crippen LogP contribution is 2.36. The molecule has 2 fully saturated rings. The molecule has 2 saturated heterocycles. The first kappa shape index (κ1) is 22.3. The van der Waals surface area contributed by atoms with Gasteiger partial charge in [-0.25, -0.2) is 9.78 Å². The van der Waals surface area contributed by atoms with Gasteiger partial charge in [0.05, 0.1) is 11.9 Å². The summed E-state index contributed by atoms with van der Waals surface area (Å²) in [5, 5.41) is 16.4. The summed E-state index contributed by atoms with van der Waals surface area (Å²) in [5.74, 6) is 0.153. The molecule has 0 aliphatic carbocycles. The Bertz CT molecular complexity index is 1470. The third-order valence-electron chi connectivity index (χ3n) is 6.33. The van der Waals surface area contributed by atoms with Gasteiger partial charge < -0.3 is 14.2 Å². The van der Waals surface area contributed by atoms with Crippen LogP contribution < -0.4 is 20.3 Å². The Hall–Kier alpha value is -5.13. The number of rotatable bonds is 5. The van der Waals surface area contributed by atoms with Crippen molar-refractivity contribution in [2.45, 2.75) is 18.4 Å². The van der Waals surface area contributed by atoms with Crippen LogP contribution in [0.25, 0.3) is 22.7 Å². The maximum Gasteiger partial charge on any atom is 0.328 e. The van der Waals surface area contributed by atoms with Crippen LogP contribution in [-0.4, -0.2) is 50.3 Å². The molecule has 5 heterocycles. The summed E-state index contributed by atoms with van der Waals surface area (Å²) in [5.41, 5.74) is 1.17. The topological polar surface area (TPSA) is 152 Å². The monoisotopic (exact) mass is 497 g/mol. The normalized spacial score (nSPS) is 16.5. The number of amides is 4. The molecule has 6 rings (SSSR count). The fourth-order valence-electron chi connectivity index (χ4n) is 4.56. The number of imide groups is 2. The molecular formula is C25H19N7O5. The SMILES string of the molecule is O=C1NC(=O)C2(CCCN2c2ccc(Oc3ccc(-c4cc(-c5cccnn5)on4)cc3)nc2)C(=O)N1. The molecule has 12 heteroatoms. The minimum Gasteiger partial charge on any atom is -0.439 e. The van der Waals surface area contributed by atoms with Gasteiger partial charge in [-0.1, -0.05) is 5.16 Å². The second kappa shape index (κ2) is 8.82. The first-order valence-corrected chi connectivity index (χ1v) is 11.5. The number of carbonyl (C=O) groups is 3. The van der Waals surface area contributed by atoms with Crippen LogP contribution in [0.15, 0.2) is 71.5 Å². The van der Waals surface area contributed by atoms with Gasteiger partial charge in [-0.2, -0.15) is 5.10 Å². The van der Waals surface area contributed by atoms with Crippen molar-refractivity contribution < 1.29 is 23.6 Å². The number of pyridine rings is 1. The average molecular weight is 497 g/mol. The Morgan fingerprint density at radius 3 is 2.49 bits per heavy atom. The molecule has 184 valence electrons. The number of urea groups is 1. The first-order valence-electron chi connectivity index (χ1n) is 11.5. The highest BCUT2D eigenvalue weighted by atomic mass is 16.5. The zero-order chi connectivity index (χ0) is 25.4. The fraction of sp³-hybridized carbons (Fsp3) is 0.160. The Morgan fingerprint density at radius 2 is 1.78 bits per heavy atom. The quantitative estimate of drug-likeness (QED) is 0.394. The minimum absolute atomic E-state index is 0.300. The Kier molecular flexibility index (Phi) is 5.33. The van der Waals surface area contributed by atoms with Crippen LogP contribution in [0.4, 0.5) is 10.5 Å². The molecule has 2 aliphatic rings. The summed E-state index contributed by atoms with van der Waals surface area (Å²) in [6.07, 6.45) is 4.04. The third-order valence-corrected chi connectivity index (χ3v) is 6.33. The second-order valence-corrected chi connectivity index (χ2v) is 8.52. The predicted octanol–water partition coefficient (Wildman–Crippen LogP) is 2.69. The van der Waals surface area contributed by atoms with Crippen LogP contribution in [0.1, 0.15) is 12.8 Å². The van der Waals surface area contributed by atoms with Gasteiger partial charge in [-0.15, -0.1) is 5.10 Å². The molecule has 1 aromatic carbocycles. The minimum atomic E-state index is -1.47. The van der Waals surface area contributed by atoms with Gasteiger partial charge >= 0.3 is 6.03 Å². The van der Waals surface area contributed by atoms with Crippen LogP contribution in [-0.2, 0) is 9.59 Å². The lowest BCUT2D eigenvalue weighted by Crippen LogP contribution is -2.71. The van der Waals surface area contributed by atoms with Gasteiger partial charge in [0.25, 0.3) is 11.8 Å². The van der Waals surface area contributed by atoms with E-state index in [1.54, 1.807) is 53.6 Å². The smallest absolute Gasteiger partial charge is 0.328 e. The molecule has 2 N–H and O–H groups in total. The van der Waals surface area contributed by atoms with Crippen molar-refractivity contribution in [1.29, 1.82) is 0 Å². The van der Waals surface area contributed by atoms with Gasteiger partial charge in [0.15, 0.2) is 11.3 Å². The molecule has 0 unspecified atom stereocenters. The maximum absolute atomic E-state index is 12.6. The molecule has 4 aromatic rings. The summed E-state index contributed by atoms with van der Waals surface area (Å²) >= 11 is 0. The number of barbiturate groups is 1. The molecule has 1 spiro atoms. The van der Waals surface area contributed by atoms with Gasteiger partial charge in [0.1, 0.15) is 17.1 Å². The lowest BCUT2D eigenvalue weighted by Gasteiger charge is -2.38. The summed E-state index contributed by atoms with van der Waals surface area (Å²) in [6.45, 7) is 0.471. The van der Waals surface area contributed by atoms with E-state index >= 15 is 0 Å². The number of nitrogens with zero attached hydrogens (tertiary/aromatic N) is 5. The van der Waals surface area contributed by atoms with Crippen molar-refractivity contribution in [3.8, 4) is 34.3 Å². The number of nitrogens with one attached hydrogen (secondary N) is 2. The van der Waals surface area contributed by atoms with Crippen LogP contribution >= 0.6 is 0 Å². The molecule has 0 atom stereocenters. The summed E-state index contributed by atoms with van der Waals surface area (Å²) < 4.78 is 11.2. The molecule has 0 saturated carbocycles. The molecule has 37 heavy (non-hydrogen) atoms. The molecule has 0 bridgehead atoms. The standard InChI is InChI=1S/C25H19N7O5/c33-22-25(23(34)29-24(35)28-22)10-2-12-32(25)16-6-9-21(26-14-16)36-17-7-4-15(5-8-17)19-13-20(37-31-19)18-3-1-11-27-30-18/h1,3-9,11,13-14H,2,10,12H2,(H2,28,29,33,34,35). The molecular weight excluding hydrogens is 478 g/mol. The zero-order valence-electron chi connectivity index (χ0n) is 19.2. The van der Waals surface area contributed by atoms with Crippen LogP contribution in [0.3, 0.4) is 0 Å². The van der Waals surface area contributed by atoms with Crippen molar-refractivity contribution in [3.63, 3.8) is 0 Å². The van der Waals surface area contributed by atoms with E-state index in [0.717, 1.165) is 5.56 Å². The Balaban J connectivity index is 1.16. The number of hydrogen-bond donors (Lipinski definition) is 2. The van der Waals surface area contributed by atoms with E-state index in [0.29, 0.717) is 53.9 Å². The van der Waals surface area contributed by atoms with E-state index in [2.05, 4.69) is 31.0 Å². The van der Waals surface area contributed by atoms with Gasteiger partial charge in [0.2, 0.25) is 5.88 Å². The highest BCUT2D eigenvalue weighted by molar-refractivity contribution is 6.24. The molecule has 2 aliphatic heterocycles. The molecule has 4 amide bonds. The number of carbonyl (C=O) groups excluding carboxylic acids is 3. The van der Waals surface area contributed by atoms with Crippen molar-refractivity contribution >= 4 is 23.5 Å². The number of anilines is 1. The van der Waals surface area contributed by atoms with E-state index in [4.69, 9.17) is 9.26 Å². The lowest BCUT2D eigenvalue weighted by molar-refractivity contribution is -0.137. The summed E-state index contributed by atoms with van der Waals surface area (Å²) in [4.78, 5) is 42.8. The maximum atomic E-state index is 12.6. The molecule has 0 radical (unpaired) electrons. The predicted molar refractivity (Wildman–Crippen MR) is 128 cm³/mol. The second-order valence-electron chi connectivity index (χ2n) is 8.52. The largest absolute Gasteiger partial charge is 0.439 e. The number of ether oxygens (including phenoxy) is 1. The van der Waals surface area contributed by atoms with Crippen molar-refractivity contribution in [2.75, 3.05) is 11.4 Å². The van der Waals surface area contributed by atoms with Gasteiger partial charge in [-0.05, 0) is 55.3 Å². The van der Waals surface area contributed by atoms with Crippen molar-refractivity contribution in [1.82, 2.24) is 31.0 Å². The highest BCUT2D eigenvalue weighted by Gasteiger charge is 2.57. The Morgan fingerprint density at radius 1 is 0.973 bits per heavy atom. The number of benzene rings is 1. The Labute approximate surface area is 209 Å². The van der Waals surface area contributed by atoms with Crippen LogP contribution in [0, 0.1) is 0 Å². The van der Waals surface area contributed by atoms with E-state index in [1.807, 2.05) is 12.1 Å². The molecule has 12 nitrogen and oxygen atoms in total. The number of hydrogen-bond acceptors (Lipinski definition) is 10. The van der Waals surface area contributed by atoms with Gasteiger partial charge in [-0.3, -0.25) is 20.2 Å². The number of aromatic nitrogens is 4. The summed E-state index contributed by atoms with van der Waals surface area (Å²) in [6, 6.07) is 15.2. The summed E-state index contributed by atoms with van der Waals surface area (Å²) in [7, 11) is 0. The molecule has 3 aromatic heterocycles. The van der Waals surface area contributed by atoms with Crippen LogP contribution in [0.2, 0.25) is 0 Å². The third kappa shape index (κ3) is 3.93. The first-order chi connectivity index (χ1) is 18.0. The fourth-order valence-corrected chi connectivity index (χ4v) is 4.56. The lowest BCUT2D eigenvalue weighted by atomic mass is 9.92. The van der Waals surface area contributed by atoms with Crippen LogP contribution in [0.5, 0.6) is 11.6 Å². The van der Waals surface area contributed by atoms with Crippen molar-refractivity contribution in [2.24, 2.45) is 0 Å².